The van der Waals surface area contributed by atoms with Crippen LogP contribution in [-0.4, -0.2) is 39.3 Å². The fourth-order valence-corrected chi connectivity index (χ4v) is 5.38. The van der Waals surface area contributed by atoms with Crippen LogP contribution >= 0.6 is 7.37 Å². The van der Waals surface area contributed by atoms with Crippen LogP contribution in [0.2, 0.25) is 0 Å². The average molecular weight is 305 g/mol. The van der Waals surface area contributed by atoms with Crippen LogP contribution in [0, 0.1) is 0 Å². The van der Waals surface area contributed by atoms with Gasteiger partial charge in [-0.15, -0.1) is 0 Å². The third kappa shape index (κ3) is 4.14. The highest BCUT2D eigenvalue weighted by atomic mass is 32.2. The zero-order valence-corrected chi connectivity index (χ0v) is 13.3. The third-order valence-corrected chi connectivity index (χ3v) is 6.51. The van der Waals surface area contributed by atoms with E-state index in [1.54, 1.807) is 31.2 Å². The number of rotatable bonds is 6. The van der Waals surface area contributed by atoms with Crippen LogP contribution in [0.3, 0.4) is 0 Å². The third-order valence-electron chi connectivity index (χ3n) is 2.79. The van der Waals surface area contributed by atoms with Gasteiger partial charge in [-0.3, -0.25) is 4.57 Å². The quantitative estimate of drug-likeness (QED) is 0.758. The van der Waals surface area contributed by atoms with Gasteiger partial charge in [0.2, 0.25) is 17.4 Å². The molecule has 0 spiro atoms. The van der Waals surface area contributed by atoms with Crippen LogP contribution in [0.25, 0.3) is 0 Å². The molecular weight excluding hydrogens is 285 g/mol. The van der Waals surface area contributed by atoms with Crippen molar-refractivity contribution < 1.29 is 17.5 Å². The van der Waals surface area contributed by atoms with Gasteiger partial charge in [0.15, 0.2) is 0 Å². The molecule has 5 nitrogen and oxygen atoms in total. The Kier molecular flexibility index (Phi) is 5.33. The van der Waals surface area contributed by atoms with Gasteiger partial charge in [0.1, 0.15) is 5.78 Å². The Bertz CT molecular complexity index is 558. The van der Waals surface area contributed by atoms with Crippen LogP contribution in [0.4, 0.5) is 0 Å². The summed E-state index contributed by atoms with van der Waals surface area (Å²) in [7, 11) is -5.18. The maximum absolute atomic E-state index is 12.7. The van der Waals surface area contributed by atoms with E-state index in [4.69, 9.17) is 4.52 Å². The molecule has 0 aliphatic heterocycles. The van der Waals surface area contributed by atoms with Gasteiger partial charge in [-0.2, -0.15) is 4.31 Å². The molecule has 0 heterocycles. The Balaban J connectivity index is 3.31. The topological polar surface area (TPSA) is 63.7 Å². The van der Waals surface area contributed by atoms with Crippen LogP contribution in [0.5, 0.6) is 0 Å². The van der Waals surface area contributed by atoms with Crippen molar-refractivity contribution in [2.24, 2.45) is 0 Å². The first-order valence-electron chi connectivity index (χ1n) is 5.90. The number of nitrogens with zero attached hydrogens (tertiary/aromatic N) is 1. The molecule has 108 valence electrons. The molecule has 0 saturated carbocycles. The van der Waals surface area contributed by atoms with Crippen molar-refractivity contribution in [2.75, 3.05) is 26.6 Å². The maximum Gasteiger partial charge on any atom is 0.222 e. The van der Waals surface area contributed by atoms with E-state index >= 15 is 0 Å². The summed E-state index contributed by atoms with van der Waals surface area (Å²) in [6, 6.07) is 8.89. The molecule has 0 fully saturated rings. The Labute approximate surface area is 115 Å². The fourth-order valence-electron chi connectivity index (χ4n) is 1.91. The van der Waals surface area contributed by atoms with Gasteiger partial charge in [0, 0.05) is 13.7 Å². The molecule has 1 rings (SSSR count). The summed E-state index contributed by atoms with van der Waals surface area (Å²) in [5.41, 5.74) is 0.662. The fraction of sp³-hybridized carbons (Fsp3) is 0.500. The van der Waals surface area contributed by atoms with Gasteiger partial charge in [0.05, 0.1) is 12.9 Å². The zero-order valence-electron chi connectivity index (χ0n) is 11.6. The normalized spacial score (nSPS) is 17.1. The van der Waals surface area contributed by atoms with Crippen molar-refractivity contribution in [3.63, 3.8) is 0 Å². The van der Waals surface area contributed by atoms with Gasteiger partial charge in [-0.1, -0.05) is 30.3 Å². The number of benzene rings is 1. The van der Waals surface area contributed by atoms with Crippen LogP contribution in [-0.2, 0) is 19.1 Å². The van der Waals surface area contributed by atoms with Crippen LogP contribution < -0.4 is 0 Å². The van der Waals surface area contributed by atoms with Crippen molar-refractivity contribution in [2.45, 2.75) is 12.7 Å². The summed E-state index contributed by atoms with van der Waals surface area (Å²) >= 11 is 0. The molecule has 1 aromatic carbocycles. The number of hydrogen-bond donors (Lipinski definition) is 0. The monoisotopic (exact) mass is 305 g/mol. The molecule has 2 atom stereocenters. The van der Waals surface area contributed by atoms with E-state index < -0.39 is 23.2 Å². The van der Waals surface area contributed by atoms with Gasteiger partial charge in [-0.05, 0) is 12.5 Å². The average Bonchev–Trinajstić information content (AvgIpc) is 2.28. The van der Waals surface area contributed by atoms with E-state index in [1.165, 1.54) is 13.7 Å². The number of hydrogen-bond acceptors (Lipinski definition) is 4. The molecule has 0 unspecified atom stereocenters. The van der Waals surface area contributed by atoms with E-state index in [0.717, 1.165) is 10.6 Å². The second kappa shape index (κ2) is 6.18. The second-order valence-corrected chi connectivity index (χ2v) is 9.00. The maximum atomic E-state index is 12.7. The minimum absolute atomic E-state index is 0.273. The molecule has 0 aromatic heterocycles. The first kappa shape index (κ1) is 16.4. The lowest BCUT2D eigenvalue weighted by atomic mass is 10.2. The highest BCUT2D eigenvalue weighted by molar-refractivity contribution is 7.88. The van der Waals surface area contributed by atoms with Gasteiger partial charge in [0.25, 0.3) is 0 Å². The molecular formula is C12H20NO4PS. The molecule has 19 heavy (non-hydrogen) atoms. The SMILES string of the molecule is CCO[P@@](C)(=O)[C@H](c1ccccc1)N(C)S(C)(=O)=O. The van der Waals surface area contributed by atoms with E-state index in [2.05, 4.69) is 0 Å². The Morgan fingerprint density at radius 2 is 1.84 bits per heavy atom. The first-order chi connectivity index (χ1) is 8.70. The van der Waals surface area contributed by atoms with Crippen molar-refractivity contribution in [1.82, 2.24) is 4.31 Å². The molecule has 0 aliphatic carbocycles. The molecule has 0 bridgehead atoms. The predicted molar refractivity (Wildman–Crippen MR) is 76.9 cm³/mol. The summed E-state index contributed by atoms with van der Waals surface area (Å²) in [5, 5.41) is 0. The largest absolute Gasteiger partial charge is 0.328 e. The van der Waals surface area contributed by atoms with E-state index in [-0.39, 0.29) is 6.61 Å². The lowest BCUT2D eigenvalue weighted by Gasteiger charge is -2.31. The molecule has 1 aromatic rings. The molecule has 0 aliphatic rings. The smallest absolute Gasteiger partial charge is 0.222 e. The standard InChI is InChI=1S/C12H20NO4PS/c1-5-17-18(3,14)12(13(2)19(4,15)16)11-9-7-6-8-10-11/h6-10,12H,5H2,1-4H3/t12-,18-/m1/s1. The minimum atomic E-state index is -3.47. The van der Waals surface area contributed by atoms with Crippen molar-refractivity contribution in [3.05, 3.63) is 35.9 Å². The highest BCUT2D eigenvalue weighted by Gasteiger charge is 2.37. The Hall–Kier alpha value is -0.680. The van der Waals surface area contributed by atoms with Gasteiger partial charge >= 0.3 is 0 Å². The summed E-state index contributed by atoms with van der Waals surface area (Å²) in [6.45, 7) is 3.48. The number of sulfonamides is 1. The van der Waals surface area contributed by atoms with Crippen molar-refractivity contribution >= 4 is 17.4 Å². The van der Waals surface area contributed by atoms with Crippen molar-refractivity contribution in [3.8, 4) is 0 Å². The zero-order chi connectivity index (χ0) is 14.7. The molecule has 0 amide bonds. The summed E-state index contributed by atoms with van der Waals surface area (Å²) < 4.78 is 42.6. The lowest BCUT2D eigenvalue weighted by molar-refractivity contribution is 0.308. The van der Waals surface area contributed by atoms with Gasteiger partial charge in [-0.25, -0.2) is 8.42 Å². The summed E-state index contributed by atoms with van der Waals surface area (Å²) in [6.07, 6.45) is 1.09. The molecule has 0 radical (unpaired) electrons. The summed E-state index contributed by atoms with van der Waals surface area (Å²) in [5.74, 6) is -0.802. The first-order valence-corrected chi connectivity index (χ1v) is 9.88. The van der Waals surface area contributed by atoms with Gasteiger partial charge < -0.3 is 4.52 Å². The van der Waals surface area contributed by atoms with Crippen LogP contribution in [0.15, 0.2) is 30.3 Å². The summed E-state index contributed by atoms with van der Waals surface area (Å²) in [4.78, 5) is 0. The Morgan fingerprint density at radius 1 is 1.32 bits per heavy atom. The van der Waals surface area contributed by atoms with Crippen molar-refractivity contribution in [1.29, 1.82) is 0 Å². The predicted octanol–water partition coefficient (Wildman–Crippen LogP) is 2.52. The molecule has 0 N–H and O–H groups in total. The van der Waals surface area contributed by atoms with E-state index in [0.29, 0.717) is 5.56 Å². The Morgan fingerprint density at radius 3 is 2.26 bits per heavy atom. The van der Waals surface area contributed by atoms with E-state index in [1.807, 2.05) is 6.07 Å². The van der Waals surface area contributed by atoms with E-state index in [9.17, 15) is 13.0 Å². The minimum Gasteiger partial charge on any atom is -0.328 e. The molecule has 7 heteroatoms. The lowest BCUT2D eigenvalue weighted by Crippen LogP contribution is -2.30. The molecule has 0 saturated heterocycles. The highest BCUT2D eigenvalue weighted by Crippen LogP contribution is 2.58. The second-order valence-electron chi connectivity index (χ2n) is 4.39. The van der Waals surface area contributed by atoms with Crippen LogP contribution in [0.1, 0.15) is 18.3 Å².